The van der Waals surface area contributed by atoms with Crippen LogP contribution in [0.5, 0.6) is 0 Å². The molecule has 0 spiro atoms. The van der Waals surface area contributed by atoms with Gasteiger partial charge in [0.1, 0.15) is 6.07 Å². The van der Waals surface area contributed by atoms with Crippen molar-refractivity contribution < 1.29 is 0 Å². The molecule has 2 heterocycles. The first-order valence-electron chi connectivity index (χ1n) is 15.0. The van der Waals surface area contributed by atoms with Crippen LogP contribution >= 0.6 is 0 Å². The number of hydrogen-bond donors (Lipinski definition) is 0. The highest BCUT2D eigenvalue weighted by Crippen LogP contribution is 2.42. The maximum absolute atomic E-state index is 9.32. The second-order valence-electron chi connectivity index (χ2n) is 11.3. The molecule has 0 aliphatic heterocycles. The van der Waals surface area contributed by atoms with Gasteiger partial charge in [-0.15, -0.1) is 0 Å². The van der Waals surface area contributed by atoms with E-state index in [9.17, 15) is 5.26 Å². The van der Waals surface area contributed by atoms with E-state index in [-0.39, 0.29) is 0 Å². The lowest BCUT2D eigenvalue weighted by atomic mass is 9.87. The third kappa shape index (κ3) is 4.63. The highest BCUT2D eigenvalue weighted by molar-refractivity contribution is 6.23. The average Bonchev–Trinajstić information content (AvgIpc) is 3.14. The molecule has 46 heavy (non-hydrogen) atoms. The zero-order chi connectivity index (χ0) is 31.0. The van der Waals surface area contributed by atoms with Crippen LogP contribution in [0.1, 0.15) is 5.56 Å². The lowest BCUT2D eigenvalue weighted by Gasteiger charge is -2.16. The standard InChI is InChI=1S/C42H24N4/c1-44-34-19-33(25-46-26-34)29-12-16-31(17-13-29)40-21-42-37-8-4-2-6-35(37)39(20-41(42)38-9-5-3-7-36(38)40)30-14-10-28(11-15-30)32-18-27(22-43)23-45-24-32/h2-21,23-26H. The molecule has 212 valence electrons. The van der Waals surface area contributed by atoms with E-state index in [1.807, 2.05) is 12.1 Å². The number of hydrogen-bond acceptors (Lipinski definition) is 3. The second-order valence-corrected chi connectivity index (χ2v) is 11.3. The number of fused-ring (bicyclic) bond motifs is 5. The molecular formula is C42H24N4. The van der Waals surface area contributed by atoms with Crippen LogP contribution in [-0.2, 0) is 0 Å². The predicted octanol–water partition coefficient (Wildman–Crippen LogP) is 11.0. The van der Waals surface area contributed by atoms with Crippen molar-refractivity contribution >= 4 is 38.0 Å². The van der Waals surface area contributed by atoms with E-state index in [1.54, 1.807) is 24.8 Å². The number of pyridine rings is 2. The lowest BCUT2D eigenvalue weighted by molar-refractivity contribution is 1.30. The van der Waals surface area contributed by atoms with Gasteiger partial charge in [0.25, 0.3) is 0 Å². The molecule has 0 aliphatic rings. The Bertz CT molecular complexity index is 2350. The van der Waals surface area contributed by atoms with Gasteiger partial charge in [-0.05, 0) is 95.5 Å². The van der Waals surface area contributed by atoms with Crippen LogP contribution in [0.3, 0.4) is 0 Å². The number of benzene rings is 6. The Morgan fingerprint density at radius 1 is 0.457 bits per heavy atom. The third-order valence-corrected chi connectivity index (χ3v) is 8.66. The minimum Gasteiger partial charge on any atom is -0.276 e. The summed E-state index contributed by atoms with van der Waals surface area (Å²) in [6, 6.07) is 44.9. The van der Waals surface area contributed by atoms with E-state index in [2.05, 4.69) is 130 Å². The minimum atomic E-state index is 0.534. The first kappa shape index (κ1) is 27.0. The largest absolute Gasteiger partial charge is 0.276 e. The molecule has 8 rings (SSSR count). The fourth-order valence-electron chi connectivity index (χ4n) is 6.42. The van der Waals surface area contributed by atoms with Crippen LogP contribution in [0, 0.1) is 17.9 Å². The van der Waals surface area contributed by atoms with Crippen LogP contribution in [0.25, 0.3) is 81.7 Å². The van der Waals surface area contributed by atoms with Crippen LogP contribution in [0.15, 0.2) is 146 Å². The Kier molecular flexibility index (Phi) is 6.53. The Balaban J connectivity index is 1.28. The third-order valence-electron chi connectivity index (χ3n) is 8.66. The molecule has 2 aromatic heterocycles. The minimum absolute atomic E-state index is 0.534. The molecule has 0 aliphatic carbocycles. The summed E-state index contributed by atoms with van der Waals surface area (Å²) in [5, 5.41) is 16.5. The molecule has 0 unspecified atom stereocenters. The van der Waals surface area contributed by atoms with E-state index >= 15 is 0 Å². The molecular weight excluding hydrogens is 560 g/mol. The van der Waals surface area contributed by atoms with Crippen LogP contribution in [-0.4, -0.2) is 9.97 Å². The van der Waals surface area contributed by atoms with Crippen molar-refractivity contribution in [3.63, 3.8) is 0 Å². The van der Waals surface area contributed by atoms with Gasteiger partial charge in [0.2, 0.25) is 5.69 Å². The summed E-state index contributed by atoms with van der Waals surface area (Å²) in [6.07, 6.45) is 6.77. The van der Waals surface area contributed by atoms with Gasteiger partial charge in [-0.25, -0.2) is 4.85 Å². The summed E-state index contributed by atoms with van der Waals surface area (Å²) in [4.78, 5) is 12.0. The maximum Gasteiger partial charge on any atom is 0.205 e. The molecule has 0 saturated carbocycles. The zero-order valence-electron chi connectivity index (χ0n) is 24.6. The van der Waals surface area contributed by atoms with E-state index in [1.165, 1.54) is 43.4 Å². The summed E-state index contributed by atoms with van der Waals surface area (Å²) in [6.45, 7) is 7.34. The molecule has 0 N–H and O–H groups in total. The van der Waals surface area contributed by atoms with Gasteiger partial charge < -0.3 is 0 Å². The summed E-state index contributed by atoms with van der Waals surface area (Å²) >= 11 is 0. The normalized spacial score (nSPS) is 11.0. The lowest BCUT2D eigenvalue weighted by Crippen LogP contribution is -1.89. The summed E-state index contributed by atoms with van der Waals surface area (Å²) < 4.78 is 0. The smallest absolute Gasteiger partial charge is 0.205 e. The monoisotopic (exact) mass is 584 g/mol. The van der Waals surface area contributed by atoms with Crippen molar-refractivity contribution in [3.05, 3.63) is 163 Å². The molecule has 0 radical (unpaired) electrons. The molecule has 4 heteroatoms. The fraction of sp³-hybridized carbons (Fsp3) is 0. The molecule has 4 nitrogen and oxygen atoms in total. The molecule has 0 bridgehead atoms. The number of aromatic nitrogens is 2. The van der Waals surface area contributed by atoms with Crippen molar-refractivity contribution in [1.29, 1.82) is 5.26 Å². The van der Waals surface area contributed by atoms with Crippen molar-refractivity contribution in [3.8, 4) is 50.6 Å². The van der Waals surface area contributed by atoms with E-state index in [4.69, 9.17) is 6.57 Å². The SMILES string of the molecule is [C-]#[N+]c1cncc(-c2ccc(-c3cc4c5ccccc5c(-c5ccc(-c6cncc(C#N)c6)cc5)cc4c4ccccc34)cc2)c1. The van der Waals surface area contributed by atoms with Crippen LogP contribution < -0.4 is 0 Å². The molecule has 8 aromatic rings. The number of nitrogens with zero attached hydrogens (tertiary/aromatic N) is 4. The van der Waals surface area contributed by atoms with Crippen LogP contribution in [0.2, 0.25) is 0 Å². The quantitative estimate of drug-likeness (QED) is 0.153. The van der Waals surface area contributed by atoms with Crippen molar-refractivity contribution in [1.82, 2.24) is 9.97 Å². The van der Waals surface area contributed by atoms with Gasteiger partial charge in [0.05, 0.1) is 12.1 Å². The van der Waals surface area contributed by atoms with Gasteiger partial charge in [0, 0.05) is 30.4 Å². The highest BCUT2D eigenvalue weighted by Gasteiger charge is 2.15. The highest BCUT2D eigenvalue weighted by atomic mass is 14.7. The van der Waals surface area contributed by atoms with Crippen molar-refractivity contribution in [2.45, 2.75) is 0 Å². The summed E-state index contributed by atoms with van der Waals surface area (Å²) in [5.74, 6) is 0. The van der Waals surface area contributed by atoms with E-state index in [0.29, 0.717) is 11.3 Å². The van der Waals surface area contributed by atoms with Gasteiger partial charge in [-0.2, -0.15) is 5.26 Å². The van der Waals surface area contributed by atoms with Gasteiger partial charge in [0.15, 0.2) is 0 Å². The first-order chi connectivity index (χ1) is 22.7. The van der Waals surface area contributed by atoms with Gasteiger partial charge in [-0.3, -0.25) is 9.97 Å². The van der Waals surface area contributed by atoms with Gasteiger partial charge >= 0.3 is 0 Å². The van der Waals surface area contributed by atoms with E-state index in [0.717, 1.165) is 33.4 Å². The first-order valence-corrected chi connectivity index (χ1v) is 15.0. The van der Waals surface area contributed by atoms with Crippen LogP contribution in [0.4, 0.5) is 5.69 Å². The molecule has 0 amide bonds. The average molecular weight is 585 g/mol. The molecule has 0 saturated heterocycles. The Morgan fingerprint density at radius 2 is 0.913 bits per heavy atom. The van der Waals surface area contributed by atoms with Crippen molar-refractivity contribution in [2.24, 2.45) is 0 Å². The second kappa shape index (κ2) is 11.1. The molecule has 0 fully saturated rings. The van der Waals surface area contributed by atoms with E-state index < -0.39 is 0 Å². The topological polar surface area (TPSA) is 53.9 Å². The number of rotatable bonds is 4. The fourth-order valence-corrected chi connectivity index (χ4v) is 6.42. The summed E-state index contributed by atoms with van der Waals surface area (Å²) in [7, 11) is 0. The maximum atomic E-state index is 9.32. The molecule has 0 atom stereocenters. The predicted molar refractivity (Wildman–Crippen MR) is 187 cm³/mol. The zero-order valence-corrected chi connectivity index (χ0v) is 24.6. The number of nitriles is 1. The Hall–Kier alpha value is -6.62. The molecule has 6 aromatic carbocycles. The Morgan fingerprint density at radius 3 is 1.41 bits per heavy atom. The van der Waals surface area contributed by atoms with Gasteiger partial charge in [-0.1, -0.05) is 97.1 Å². The van der Waals surface area contributed by atoms with Crippen molar-refractivity contribution in [2.75, 3.05) is 0 Å². The Labute approximate surface area is 266 Å². The summed E-state index contributed by atoms with van der Waals surface area (Å²) in [5.41, 5.74) is 9.61.